The molecule has 0 fully saturated rings. The van der Waals surface area contributed by atoms with Crippen LogP contribution in [0.25, 0.3) is 5.69 Å². The average Bonchev–Trinajstić information content (AvgIpc) is 3.11. The van der Waals surface area contributed by atoms with E-state index in [0.29, 0.717) is 0 Å². The van der Waals surface area contributed by atoms with Gasteiger partial charge in [0.1, 0.15) is 5.56 Å². The highest BCUT2D eigenvalue weighted by atomic mass is 16.2. The normalized spacial score (nSPS) is 10.7. The minimum atomic E-state index is -0.662. The van der Waals surface area contributed by atoms with Crippen LogP contribution in [0, 0.1) is 13.8 Å². The first-order chi connectivity index (χ1) is 11.8. The largest absolute Gasteiger partial charge is 0.365 e. The molecule has 0 aliphatic heterocycles. The minimum Gasteiger partial charge on any atom is -0.365 e. The SMILES string of the molecule is Cc1ccc(-n2nc(C(=O)Nc3nn(C)cc3C(N)=O)cc2C)cc1. The van der Waals surface area contributed by atoms with Gasteiger partial charge in [-0.1, -0.05) is 17.7 Å². The van der Waals surface area contributed by atoms with Gasteiger partial charge in [0.15, 0.2) is 11.5 Å². The van der Waals surface area contributed by atoms with Crippen LogP contribution < -0.4 is 11.1 Å². The highest BCUT2D eigenvalue weighted by molar-refractivity contribution is 6.07. The average molecular weight is 338 g/mol. The Hall–Kier alpha value is -3.42. The van der Waals surface area contributed by atoms with Gasteiger partial charge in [-0.2, -0.15) is 10.2 Å². The molecule has 0 saturated heterocycles. The molecular formula is C17H18N6O2. The molecule has 128 valence electrons. The van der Waals surface area contributed by atoms with Crippen LogP contribution in [0.15, 0.2) is 36.5 Å². The molecule has 0 aliphatic rings. The molecule has 0 unspecified atom stereocenters. The number of anilines is 1. The summed E-state index contributed by atoms with van der Waals surface area (Å²) in [5, 5.41) is 11.0. The highest BCUT2D eigenvalue weighted by Gasteiger charge is 2.19. The Labute approximate surface area is 144 Å². The summed E-state index contributed by atoms with van der Waals surface area (Å²) in [5.74, 6) is -1.01. The summed E-state index contributed by atoms with van der Waals surface area (Å²) in [5.41, 5.74) is 8.47. The molecule has 25 heavy (non-hydrogen) atoms. The summed E-state index contributed by atoms with van der Waals surface area (Å²) in [6.07, 6.45) is 1.45. The Morgan fingerprint density at radius 2 is 1.80 bits per heavy atom. The van der Waals surface area contributed by atoms with Crippen molar-refractivity contribution in [1.82, 2.24) is 19.6 Å². The maximum atomic E-state index is 12.5. The molecule has 0 spiro atoms. The smallest absolute Gasteiger partial charge is 0.277 e. The zero-order valence-electron chi connectivity index (χ0n) is 14.1. The van der Waals surface area contributed by atoms with E-state index in [1.54, 1.807) is 17.8 Å². The van der Waals surface area contributed by atoms with E-state index in [9.17, 15) is 9.59 Å². The van der Waals surface area contributed by atoms with Gasteiger partial charge in [0.05, 0.1) is 5.69 Å². The number of carbonyl (C=O) groups excluding carboxylic acids is 2. The Balaban J connectivity index is 1.88. The molecule has 1 aromatic carbocycles. The summed E-state index contributed by atoms with van der Waals surface area (Å²) >= 11 is 0. The zero-order chi connectivity index (χ0) is 18.1. The Bertz CT molecular complexity index is 952. The second-order valence-corrected chi connectivity index (χ2v) is 5.80. The lowest BCUT2D eigenvalue weighted by molar-refractivity contribution is 0.100. The van der Waals surface area contributed by atoms with E-state index in [1.807, 2.05) is 38.1 Å². The molecule has 3 rings (SSSR count). The van der Waals surface area contributed by atoms with E-state index in [1.165, 1.54) is 10.9 Å². The van der Waals surface area contributed by atoms with Crippen molar-refractivity contribution in [2.75, 3.05) is 5.32 Å². The van der Waals surface area contributed by atoms with E-state index >= 15 is 0 Å². The number of benzene rings is 1. The number of hydrogen-bond donors (Lipinski definition) is 2. The molecular weight excluding hydrogens is 320 g/mol. The molecule has 0 radical (unpaired) electrons. The molecule has 0 saturated carbocycles. The topological polar surface area (TPSA) is 108 Å². The van der Waals surface area contributed by atoms with Crippen LogP contribution in [-0.4, -0.2) is 31.4 Å². The molecule has 8 nitrogen and oxygen atoms in total. The zero-order valence-corrected chi connectivity index (χ0v) is 14.1. The fraction of sp³-hybridized carbons (Fsp3) is 0.176. The molecule has 0 aliphatic carbocycles. The number of nitrogens with two attached hydrogens (primary N) is 1. The number of amides is 2. The van der Waals surface area contributed by atoms with Crippen LogP contribution in [0.3, 0.4) is 0 Å². The van der Waals surface area contributed by atoms with Gasteiger partial charge in [-0.05, 0) is 32.0 Å². The predicted molar refractivity (Wildman–Crippen MR) is 92.7 cm³/mol. The summed E-state index contributed by atoms with van der Waals surface area (Å²) in [7, 11) is 1.64. The van der Waals surface area contributed by atoms with E-state index in [4.69, 9.17) is 5.73 Å². The van der Waals surface area contributed by atoms with E-state index < -0.39 is 11.8 Å². The molecule has 2 aromatic heterocycles. The standard InChI is InChI=1S/C17H18N6O2/c1-10-4-6-12(7-5-10)23-11(2)8-14(20-23)17(25)19-16-13(15(18)24)9-22(3)21-16/h4-9H,1-3H3,(H2,18,24)(H,19,21,25). The van der Waals surface area contributed by atoms with Crippen molar-refractivity contribution in [3.8, 4) is 5.69 Å². The van der Waals surface area contributed by atoms with Gasteiger partial charge < -0.3 is 11.1 Å². The lowest BCUT2D eigenvalue weighted by Gasteiger charge is -2.04. The summed E-state index contributed by atoms with van der Waals surface area (Å²) < 4.78 is 3.09. The van der Waals surface area contributed by atoms with Crippen molar-refractivity contribution < 1.29 is 9.59 Å². The van der Waals surface area contributed by atoms with Crippen molar-refractivity contribution in [2.24, 2.45) is 12.8 Å². The highest BCUT2D eigenvalue weighted by Crippen LogP contribution is 2.16. The lowest BCUT2D eigenvalue weighted by atomic mass is 10.2. The first-order valence-corrected chi connectivity index (χ1v) is 7.63. The van der Waals surface area contributed by atoms with Gasteiger partial charge >= 0.3 is 0 Å². The predicted octanol–water partition coefficient (Wildman–Crippen LogP) is 1.57. The van der Waals surface area contributed by atoms with Crippen molar-refractivity contribution in [3.63, 3.8) is 0 Å². The molecule has 2 amide bonds. The minimum absolute atomic E-state index is 0.113. The third-order valence-corrected chi connectivity index (χ3v) is 3.72. The first-order valence-electron chi connectivity index (χ1n) is 7.63. The number of nitrogens with zero attached hydrogens (tertiary/aromatic N) is 4. The number of hydrogen-bond acceptors (Lipinski definition) is 4. The summed E-state index contributed by atoms with van der Waals surface area (Å²) in [6, 6.07) is 9.48. The van der Waals surface area contributed by atoms with Gasteiger partial charge in [0.2, 0.25) is 0 Å². The van der Waals surface area contributed by atoms with E-state index in [-0.39, 0.29) is 17.1 Å². The Morgan fingerprint density at radius 3 is 2.44 bits per heavy atom. The van der Waals surface area contributed by atoms with Crippen LogP contribution in [0.1, 0.15) is 32.1 Å². The maximum Gasteiger partial charge on any atom is 0.277 e. The van der Waals surface area contributed by atoms with Crippen LogP contribution >= 0.6 is 0 Å². The first kappa shape index (κ1) is 16.4. The van der Waals surface area contributed by atoms with Gasteiger partial charge in [-0.25, -0.2) is 4.68 Å². The number of carbonyl (C=O) groups is 2. The van der Waals surface area contributed by atoms with Crippen molar-refractivity contribution in [1.29, 1.82) is 0 Å². The molecule has 2 heterocycles. The lowest BCUT2D eigenvalue weighted by Crippen LogP contribution is -2.18. The fourth-order valence-electron chi connectivity index (χ4n) is 2.47. The van der Waals surface area contributed by atoms with Crippen molar-refractivity contribution in [2.45, 2.75) is 13.8 Å². The Kier molecular flexibility index (Phi) is 4.10. The fourth-order valence-corrected chi connectivity index (χ4v) is 2.47. The number of aryl methyl sites for hydroxylation is 3. The van der Waals surface area contributed by atoms with Crippen molar-refractivity contribution in [3.05, 3.63) is 59.0 Å². The number of primary amides is 1. The summed E-state index contributed by atoms with van der Waals surface area (Å²) in [6.45, 7) is 3.86. The van der Waals surface area contributed by atoms with Crippen LogP contribution in [0.5, 0.6) is 0 Å². The molecule has 3 aromatic rings. The van der Waals surface area contributed by atoms with Gasteiger partial charge in [0.25, 0.3) is 11.8 Å². The van der Waals surface area contributed by atoms with Gasteiger partial charge in [-0.15, -0.1) is 0 Å². The number of rotatable bonds is 4. The third kappa shape index (κ3) is 3.27. The molecule has 0 atom stereocenters. The van der Waals surface area contributed by atoms with E-state index in [0.717, 1.165) is 16.9 Å². The second kappa shape index (κ2) is 6.23. The van der Waals surface area contributed by atoms with Crippen LogP contribution in [0.4, 0.5) is 5.82 Å². The third-order valence-electron chi connectivity index (χ3n) is 3.72. The molecule has 3 N–H and O–H groups in total. The van der Waals surface area contributed by atoms with Crippen molar-refractivity contribution >= 4 is 17.6 Å². The quantitative estimate of drug-likeness (QED) is 0.753. The van der Waals surface area contributed by atoms with Gasteiger partial charge in [-0.3, -0.25) is 14.3 Å². The maximum absolute atomic E-state index is 12.5. The second-order valence-electron chi connectivity index (χ2n) is 5.80. The van der Waals surface area contributed by atoms with E-state index in [2.05, 4.69) is 15.5 Å². The monoisotopic (exact) mass is 338 g/mol. The number of aromatic nitrogens is 4. The molecule has 0 bridgehead atoms. The van der Waals surface area contributed by atoms with Gasteiger partial charge in [0, 0.05) is 18.9 Å². The summed E-state index contributed by atoms with van der Waals surface area (Å²) in [4.78, 5) is 23.9. The Morgan fingerprint density at radius 1 is 1.12 bits per heavy atom. The van der Waals surface area contributed by atoms with Crippen LogP contribution in [-0.2, 0) is 7.05 Å². The number of nitrogens with one attached hydrogen (secondary N) is 1. The van der Waals surface area contributed by atoms with Crippen LogP contribution in [0.2, 0.25) is 0 Å². The molecule has 8 heteroatoms.